The zero-order valence-corrected chi connectivity index (χ0v) is 14.6. The third-order valence-electron chi connectivity index (χ3n) is 5.08. The number of hydrogen-bond donors (Lipinski definition) is 0. The summed E-state index contributed by atoms with van der Waals surface area (Å²) in [7, 11) is 1.61. The highest BCUT2D eigenvalue weighted by molar-refractivity contribution is 6.05. The minimum Gasteiger partial charge on any atom is -0.497 e. The van der Waals surface area contributed by atoms with Gasteiger partial charge in [-0.25, -0.2) is 0 Å². The van der Waals surface area contributed by atoms with E-state index in [1.165, 1.54) is 0 Å². The third-order valence-corrected chi connectivity index (χ3v) is 5.08. The number of allylic oxidation sites excluding steroid dienone is 1. The monoisotopic (exact) mass is 348 g/mol. The first-order valence-electron chi connectivity index (χ1n) is 8.85. The van der Waals surface area contributed by atoms with Gasteiger partial charge in [-0.3, -0.25) is 9.59 Å². The average Bonchev–Trinajstić information content (AvgIpc) is 3.09. The number of carbonyl (C=O) groups excluding carboxylic acids is 2. The molecule has 0 fully saturated rings. The van der Waals surface area contributed by atoms with E-state index in [1.807, 2.05) is 42.5 Å². The van der Waals surface area contributed by atoms with Crippen LogP contribution in [0.1, 0.15) is 41.1 Å². The van der Waals surface area contributed by atoms with E-state index < -0.39 is 6.10 Å². The van der Waals surface area contributed by atoms with Gasteiger partial charge in [0.2, 0.25) is 5.78 Å². The van der Waals surface area contributed by atoms with Crippen LogP contribution in [0, 0.1) is 0 Å². The maximum atomic E-state index is 13.1. The normalized spacial score (nSPS) is 22.0. The molecule has 0 amide bonds. The van der Waals surface area contributed by atoms with Gasteiger partial charge in [-0.05, 0) is 24.1 Å². The van der Waals surface area contributed by atoms with Crippen LogP contribution < -0.4 is 4.74 Å². The first-order valence-corrected chi connectivity index (χ1v) is 8.85. The smallest absolute Gasteiger partial charge is 0.204 e. The van der Waals surface area contributed by atoms with Crippen molar-refractivity contribution in [3.8, 4) is 5.75 Å². The van der Waals surface area contributed by atoms with E-state index in [9.17, 15) is 9.59 Å². The van der Waals surface area contributed by atoms with Gasteiger partial charge in [0.25, 0.3) is 0 Å². The van der Waals surface area contributed by atoms with E-state index in [-0.39, 0.29) is 17.5 Å². The van der Waals surface area contributed by atoms with Crippen molar-refractivity contribution in [1.82, 2.24) is 0 Å². The van der Waals surface area contributed by atoms with Gasteiger partial charge in [0.15, 0.2) is 11.9 Å². The van der Waals surface area contributed by atoms with Crippen LogP contribution in [0.15, 0.2) is 65.9 Å². The molecule has 0 saturated carbocycles. The minimum atomic E-state index is -0.696. The molecule has 2 unspecified atom stereocenters. The summed E-state index contributed by atoms with van der Waals surface area (Å²) in [6, 6.07) is 16.7. The van der Waals surface area contributed by atoms with E-state index in [0.29, 0.717) is 29.7 Å². The largest absolute Gasteiger partial charge is 0.497 e. The van der Waals surface area contributed by atoms with E-state index in [2.05, 4.69) is 0 Å². The van der Waals surface area contributed by atoms with Gasteiger partial charge in [-0.1, -0.05) is 42.5 Å². The summed E-state index contributed by atoms with van der Waals surface area (Å²) in [5.41, 5.74) is 2.18. The zero-order valence-electron chi connectivity index (χ0n) is 14.6. The fourth-order valence-electron chi connectivity index (χ4n) is 3.80. The average molecular weight is 348 g/mol. The van der Waals surface area contributed by atoms with Crippen LogP contribution in [0.5, 0.6) is 5.75 Å². The lowest BCUT2D eigenvalue weighted by Crippen LogP contribution is -2.28. The van der Waals surface area contributed by atoms with Gasteiger partial charge < -0.3 is 9.47 Å². The van der Waals surface area contributed by atoms with Gasteiger partial charge >= 0.3 is 0 Å². The molecule has 0 spiro atoms. The molecule has 1 aliphatic heterocycles. The van der Waals surface area contributed by atoms with Crippen LogP contribution >= 0.6 is 0 Å². The van der Waals surface area contributed by atoms with Gasteiger partial charge in [0.1, 0.15) is 11.5 Å². The lowest BCUT2D eigenvalue weighted by molar-refractivity contribution is -0.116. The minimum absolute atomic E-state index is 0.0892. The van der Waals surface area contributed by atoms with Crippen molar-refractivity contribution in [2.24, 2.45) is 0 Å². The van der Waals surface area contributed by atoms with Crippen LogP contribution in [0.3, 0.4) is 0 Å². The molecule has 4 nitrogen and oxygen atoms in total. The number of ether oxygens (including phenoxy) is 2. The number of benzene rings is 2. The molecule has 2 aliphatic rings. The number of hydrogen-bond acceptors (Lipinski definition) is 4. The standard InChI is InChI=1S/C22H20O4/c1-25-16-12-10-14(11-13-16)19-20-17(23)8-5-9-18(20)26-22(19)21(24)15-6-3-2-4-7-15/h2-4,6-7,10-13,19,22H,5,8-9H2,1H3. The summed E-state index contributed by atoms with van der Waals surface area (Å²) in [6.45, 7) is 0. The van der Waals surface area contributed by atoms with Crippen LogP contribution in [-0.2, 0) is 9.53 Å². The molecule has 2 aromatic carbocycles. The quantitative estimate of drug-likeness (QED) is 0.782. The molecule has 0 aromatic heterocycles. The Hall–Kier alpha value is -2.88. The summed E-state index contributed by atoms with van der Waals surface area (Å²) in [5.74, 6) is 1.07. The predicted octanol–water partition coefficient (Wildman–Crippen LogP) is 4.07. The van der Waals surface area contributed by atoms with E-state index in [1.54, 1.807) is 19.2 Å². The Labute approximate surface area is 152 Å². The highest BCUT2D eigenvalue weighted by Gasteiger charge is 2.45. The fourth-order valence-corrected chi connectivity index (χ4v) is 3.80. The van der Waals surface area contributed by atoms with Gasteiger partial charge in [0.05, 0.1) is 13.0 Å². The highest BCUT2D eigenvalue weighted by Crippen LogP contribution is 2.45. The second kappa shape index (κ2) is 6.79. The lowest BCUT2D eigenvalue weighted by atomic mass is 9.80. The summed E-state index contributed by atoms with van der Waals surface area (Å²) < 4.78 is 11.3. The summed E-state index contributed by atoms with van der Waals surface area (Å²) in [5, 5.41) is 0. The Morgan fingerprint density at radius 1 is 1.04 bits per heavy atom. The molecule has 0 N–H and O–H groups in total. The van der Waals surface area contributed by atoms with Crippen molar-refractivity contribution in [2.45, 2.75) is 31.3 Å². The first-order chi connectivity index (χ1) is 12.7. The summed E-state index contributed by atoms with van der Waals surface area (Å²) >= 11 is 0. The first kappa shape index (κ1) is 16.6. The molecule has 4 rings (SSSR count). The van der Waals surface area contributed by atoms with E-state index >= 15 is 0 Å². The van der Waals surface area contributed by atoms with Gasteiger partial charge in [0, 0.05) is 24.0 Å². The van der Waals surface area contributed by atoms with Crippen molar-refractivity contribution < 1.29 is 19.1 Å². The van der Waals surface area contributed by atoms with Crippen LogP contribution in [0.25, 0.3) is 0 Å². The molecule has 2 aromatic rings. The summed E-state index contributed by atoms with van der Waals surface area (Å²) in [6.07, 6.45) is 1.31. The highest BCUT2D eigenvalue weighted by atomic mass is 16.5. The van der Waals surface area contributed by atoms with Crippen molar-refractivity contribution in [3.63, 3.8) is 0 Å². The summed E-state index contributed by atoms with van der Waals surface area (Å²) in [4.78, 5) is 25.7. The Morgan fingerprint density at radius 3 is 2.46 bits per heavy atom. The number of ketones is 2. The molecular weight excluding hydrogens is 328 g/mol. The molecular formula is C22H20O4. The Balaban J connectivity index is 1.76. The van der Waals surface area contributed by atoms with Crippen molar-refractivity contribution in [2.75, 3.05) is 7.11 Å². The van der Waals surface area contributed by atoms with Gasteiger partial charge in [-0.2, -0.15) is 0 Å². The number of carbonyl (C=O) groups is 2. The van der Waals surface area contributed by atoms with Crippen LogP contribution in [-0.4, -0.2) is 24.8 Å². The topological polar surface area (TPSA) is 52.6 Å². The van der Waals surface area contributed by atoms with E-state index in [4.69, 9.17) is 9.47 Å². The fraction of sp³-hybridized carbons (Fsp3) is 0.273. The predicted molar refractivity (Wildman–Crippen MR) is 97.3 cm³/mol. The Bertz CT molecular complexity index is 865. The van der Waals surface area contributed by atoms with Crippen molar-refractivity contribution in [3.05, 3.63) is 77.1 Å². The molecule has 1 heterocycles. The van der Waals surface area contributed by atoms with E-state index in [0.717, 1.165) is 17.7 Å². The maximum absolute atomic E-state index is 13.1. The number of methoxy groups -OCH3 is 1. The zero-order chi connectivity index (χ0) is 18.1. The third kappa shape index (κ3) is 2.81. The lowest BCUT2D eigenvalue weighted by Gasteiger charge is -2.20. The molecule has 1 aliphatic carbocycles. The van der Waals surface area contributed by atoms with Gasteiger partial charge in [-0.15, -0.1) is 0 Å². The molecule has 2 atom stereocenters. The second-order valence-corrected chi connectivity index (χ2v) is 6.63. The molecule has 4 heteroatoms. The molecule has 132 valence electrons. The molecule has 0 radical (unpaired) electrons. The number of rotatable bonds is 4. The Kier molecular flexibility index (Phi) is 4.33. The molecule has 26 heavy (non-hydrogen) atoms. The SMILES string of the molecule is COc1ccc(C2C3=C(CCCC3=O)OC2C(=O)c2ccccc2)cc1. The van der Waals surface area contributed by atoms with Crippen molar-refractivity contribution >= 4 is 11.6 Å². The van der Waals surface area contributed by atoms with Crippen LogP contribution in [0.4, 0.5) is 0 Å². The Morgan fingerprint density at radius 2 is 1.77 bits per heavy atom. The second-order valence-electron chi connectivity index (χ2n) is 6.63. The number of Topliss-reactive ketones (excluding diaryl/α,β-unsaturated/α-hetero) is 2. The van der Waals surface area contributed by atoms with Crippen LogP contribution in [0.2, 0.25) is 0 Å². The molecule has 0 bridgehead atoms. The maximum Gasteiger partial charge on any atom is 0.204 e. The molecule has 0 saturated heterocycles. The van der Waals surface area contributed by atoms with Crippen molar-refractivity contribution in [1.29, 1.82) is 0 Å².